The largest absolute Gasteiger partial charge is 0.492 e. The molecule has 4 rings (SSSR count). The van der Waals surface area contributed by atoms with Gasteiger partial charge in [0.1, 0.15) is 22.2 Å². The predicted octanol–water partition coefficient (Wildman–Crippen LogP) is 6.11. The van der Waals surface area contributed by atoms with Crippen molar-refractivity contribution in [2.75, 3.05) is 30.3 Å². The van der Waals surface area contributed by atoms with Crippen molar-refractivity contribution in [2.24, 2.45) is 5.92 Å². The zero-order valence-electron chi connectivity index (χ0n) is 22.9. The van der Waals surface area contributed by atoms with Crippen LogP contribution in [0.1, 0.15) is 48.8 Å². The molecule has 2 aromatic heterocycles. The summed E-state index contributed by atoms with van der Waals surface area (Å²) >= 11 is 11.6. The maximum atomic E-state index is 13.0. The molecule has 2 amide bonds. The van der Waals surface area contributed by atoms with Gasteiger partial charge in [-0.2, -0.15) is 0 Å². The first-order valence-corrected chi connectivity index (χ1v) is 13.7. The normalized spacial score (nSPS) is 14.9. The number of halogens is 1. The van der Waals surface area contributed by atoms with E-state index in [1.165, 1.54) is 12.4 Å². The van der Waals surface area contributed by atoms with E-state index in [1.54, 1.807) is 29.2 Å². The second-order valence-corrected chi connectivity index (χ2v) is 11.4. The Morgan fingerprint density at radius 3 is 2.67 bits per heavy atom. The zero-order chi connectivity index (χ0) is 28.9. The SMILES string of the molecule is Cc1ccc(C(=S)Nc2cccnc2C(=O)Nc2ccc(Cl)cn2)c(OC[C@H]2CCN(C(=O)OC(C)(C)C)C2)c1. The molecule has 0 radical (unpaired) electrons. The van der Waals surface area contributed by atoms with E-state index >= 15 is 0 Å². The molecule has 210 valence electrons. The van der Waals surface area contributed by atoms with Gasteiger partial charge in [-0.1, -0.05) is 29.9 Å². The number of ether oxygens (including phenoxy) is 2. The van der Waals surface area contributed by atoms with Gasteiger partial charge in [-0.15, -0.1) is 0 Å². The van der Waals surface area contributed by atoms with Crippen molar-refractivity contribution in [2.45, 2.75) is 39.7 Å². The Morgan fingerprint density at radius 2 is 1.95 bits per heavy atom. The number of rotatable bonds is 7. The van der Waals surface area contributed by atoms with Crippen LogP contribution in [0.25, 0.3) is 0 Å². The third kappa shape index (κ3) is 7.89. The summed E-state index contributed by atoms with van der Waals surface area (Å²) in [6.07, 6.45) is 3.49. The number of nitrogens with zero attached hydrogens (tertiary/aromatic N) is 3. The van der Waals surface area contributed by atoms with E-state index in [9.17, 15) is 9.59 Å². The molecule has 0 aliphatic carbocycles. The Labute approximate surface area is 244 Å². The molecule has 40 heavy (non-hydrogen) atoms. The van der Waals surface area contributed by atoms with Gasteiger partial charge in [0, 0.05) is 31.4 Å². The molecule has 0 unspecified atom stereocenters. The summed E-state index contributed by atoms with van der Waals surface area (Å²) in [5.41, 5.74) is 1.75. The van der Waals surface area contributed by atoms with Gasteiger partial charge in [0.05, 0.1) is 22.9 Å². The average Bonchev–Trinajstić information content (AvgIpc) is 3.37. The first-order valence-electron chi connectivity index (χ1n) is 12.9. The molecule has 3 heterocycles. The quantitative estimate of drug-likeness (QED) is 0.322. The fraction of sp³-hybridized carbons (Fsp3) is 0.345. The van der Waals surface area contributed by atoms with E-state index in [2.05, 4.69) is 20.6 Å². The van der Waals surface area contributed by atoms with E-state index in [-0.39, 0.29) is 17.7 Å². The summed E-state index contributed by atoms with van der Waals surface area (Å²) < 4.78 is 11.7. The van der Waals surface area contributed by atoms with Gasteiger partial charge in [0.15, 0.2) is 5.69 Å². The van der Waals surface area contributed by atoms with E-state index in [0.29, 0.717) is 52.5 Å². The van der Waals surface area contributed by atoms with Crippen LogP contribution in [0.2, 0.25) is 5.02 Å². The number of pyridine rings is 2. The van der Waals surface area contributed by atoms with Crippen LogP contribution < -0.4 is 15.4 Å². The number of thiocarbonyl (C=S) groups is 1. The second-order valence-electron chi connectivity index (χ2n) is 10.6. The minimum absolute atomic E-state index is 0.157. The molecule has 0 bridgehead atoms. The van der Waals surface area contributed by atoms with E-state index < -0.39 is 11.5 Å². The highest BCUT2D eigenvalue weighted by atomic mass is 35.5. The average molecular weight is 582 g/mol. The number of hydrogen-bond donors (Lipinski definition) is 2. The summed E-state index contributed by atoms with van der Waals surface area (Å²) in [4.78, 5) is 35.8. The molecule has 1 atom stereocenters. The number of benzene rings is 1. The van der Waals surface area contributed by atoms with E-state index in [0.717, 1.165) is 12.0 Å². The zero-order valence-corrected chi connectivity index (χ0v) is 24.4. The van der Waals surface area contributed by atoms with Crippen molar-refractivity contribution in [3.63, 3.8) is 0 Å². The van der Waals surface area contributed by atoms with Crippen LogP contribution in [0.15, 0.2) is 54.9 Å². The lowest BCUT2D eigenvalue weighted by Crippen LogP contribution is -2.35. The summed E-state index contributed by atoms with van der Waals surface area (Å²) in [5.74, 6) is 0.683. The number of hydrogen-bond acceptors (Lipinski definition) is 7. The molecule has 1 aromatic carbocycles. The first kappa shape index (κ1) is 29.2. The van der Waals surface area contributed by atoms with Gasteiger partial charge in [-0.05, 0) is 76.1 Å². The minimum Gasteiger partial charge on any atom is -0.492 e. The molecular weight excluding hydrogens is 550 g/mol. The van der Waals surface area contributed by atoms with Gasteiger partial charge in [0.25, 0.3) is 5.91 Å². The number of nitrogens with one attached hydrogen (secondary N) is 2. The lowest BCUT2D eigenvalue weighted by Gasteiger charge is -2.24. The van der Waals surface area contributed by atoms with Gasteiger partial charge in [-0.3, -0.25) is 4.79 Å². The maximum Gasteiger partial charge on any atom is 0.410 e. The third-order valence-electron chi connectivity index (χ3n) is 6.03. The Morgan fingerprint density at radius 1 is 1.15 bits per heavy atom. The van der Waals surface area contributed by atoms with Crippen molar-refractivity contribution in [1.29, 1.82) is 0 Å². The third-order valence-corrected chi connectivity index (χ3v) is 6.58. The van der Waals surface area contributed by atoms with Crippen LogP contribution in [-0.2, 0) is 4.74 Å². The molecule has 1 aliphatic rings. The predicted molar refractivity (Wildman–Crippen MR) is 159 cm³/mol. The molecule has 9 nitrogen and oxygen atoms in total. The van der Waals surface area contributed by atoms with Gasteiger partial charge in [0.2, 0.25) is 0 Å². The summed E-state index contributed by atoms with van der Waals surface area (Å²) in [6, 6.07) is 12.4. The molecular formula is C29H32ClN5O4S. The number of aryl methyl sites for hydroxylation is 1. The minimum atomic E-state index is -0.535. The second kappa shape index (κ2) is 12.6. The molecule has 2 N–H and O–H groups in total. The lowest BCUT2D eigenvalue weighted by molar-refractivity contribution is 0.0284. The molecule has 1 saturated heterocycles. The molecule has 3 aromatic rings. The number of aromatic nitrogens is 2. The summed E-state index contributed by atoms with van der Waals surface area (Å²) in [5, 5.41) is 6.33. The topological polar surface area (TPSA) is 106 Å². The standard InChI is InChI=1S/C29H32ClN5O4S/c1-18-7-9-21(23(14-18)38-17-19-11-13-35(16-19)28(37)39-29(2,3)4)27(40)33-22-6-5-12-31-25(22)26(36)34-24-10-8-20(30)15-32-24/h5-10,12,14-15,19H,11,13,16-17H2,1-4H3,(H,33,40)(H,32,34,36)/t19-/m0/s1. The highest BCUT2D eigenvalue weighted by Gasteiger charge is 2.30. The number of carbonyl (C=O) groups is 2. The van der Waals surface area contributed by atoms with E-state index in [1.807, 2.05) is 45.9 Å². The smallest absolute Gasteiger partial charge is 0.410 e. The van der Waals surface area contributed by atoms with Gasteiger partial charge >= 0.3 is 6.09 Å². The summed E-state index contributed by atoms with van der Waals surface area (Å²) in [6.45, 7) is 9.16. The number of likely N-dealkylation sites (tertiary alicyclic amines) is 1. The summed E-state index contributed by atoms with van der Waals surface area (Å²) in [7, 11) is 0. The van der Waals surface area contributed by atoms with Crippen molar-refractivity contribution in [1.82, 2.24) is 14.9 Å². The van der Waals surface area contributed by atoms with Gasteiger partial charge in [-0.25, -0.2) is 14.8 Å². The highest BCUT2D eigenvalue weighted by Crippen LogP contribution is 2.26. The molecule has 1 fully saturated rings. The lowest BCUT2D eigenvalue weighted by atomic mass is 10.1. The fourth-order valence-corrected chi connectivity index (χ4v) is 4.50. The van der Waals surface area contributed by atoms with Crippen LogP contribution in [0, 0.1) is 12.8 Å². The van der Waals surface area contributed by atoms with Crippen molar-refractivity contribution in [3.8, 4) is 5.75 Å². The van der Waals surface area contributed by atoms with Crippen LogP contribution in [0.4, 0.5) is 16.3 Å². The Balaban J connectivity index is 1.43. The van der Waals surface area contributed by atoms with Crippen LogP contribution in [0.3, 0.4) is 0 Å². The molecule has 11 heteroatoms. The highest BCUT2D eigenvalue weighted by molar-refractivity contribution is 7.81. The Hall–Kier alpha value is -3.76. The van der Waals surface area contributed by atoms with Crippen LogP contribution in [-0.4, -0.2) is 57.2 Å². The van der Waals surface area contributed by atoms with Crippen molar-refractivity contribution < 1.29 is 19.1 Å². The number of carbonyl (C=O) groups excluding carboxylic acids is 2. The monoisotopic (exact) mass is 581 g/mol. The van der Waals surface area contributed by atoms with Crippen molar-refractivity contribution >= 4 is 52.3 Å². The van der Waals surface area contributed by atoms with Gasteiger partial charge < -0.3 is 25.0 Å². The first-order chi connectivity index (χ1) is 19.0. The Bertz CT molecular complexity index is 1390. The van der Waals surface area contributed by atoms with E-state index in [4.69, 9.17) is 33.3 Å². The number of anilines is 2. The number of amides is 2. The maximum absolute atomic E-state index is 13.0. The molecule has 1 aliphatic heterocycles. The Kier molecular flexibility index (Phi) is 9.21. The van der Waals surface area contributed by atoms with Crippen LogP contribution >= 0.6 is 23.8 Å². The molecule has 0 saturated carbocycles. The van der Waals surface area contributed by atoms with Crippen molar-refractivity contribution in [3.05, 3.63) is 76.7 Å². The fourth-order valence-electron chi connectivity index (χ4n) is 4.11. The molecule has 0 spiro atoms. The van der Waals surface area contributed by atoms with Crippen LogP contribution in [0.5, 0.6) is 5.75 Å².